The van der Waals surface area contributed by atoms with Crippen molar-refractivity contribution in [3.63, 3.8) is 0 Å². The summed E-state index contributed by atoms with van der Waals surface area (Å²) >= 11 is 12.4. The van der Waals surface area contributed by atoms with E-state index in [1.165, 1.54) is 0 Å². The van der Waals surface area contributed by atoms with E-state index in [0.29, 0.717) is 54.2 Å². The van der Waals surface area contributed by atoms with Gasteiger partial charge >= 0.3 is 0 Å². The van der Waals surface area contributed by atoms with Gasteiger partial charge in [-0.2, -0.15) is 0 Å². The lowest BCUT2D eigenvalue weighted by atomic mass is 9.96. The number of rotatable bonds is 0. The van der Waals surface area contributed by atoms with Gasteiger partial charge < -0.3 is 0 Å². The smallest absolute Gasteiger partial charge is 0.264 e. The maximum absolute atomic E-state index is 13.7. The van der Waals surface area contributed by atoms with Gasteiger partial charge in [0.2, 0.25) is 0 Å². The number of benzene rings is 4. The van der Waals surface area contributed by atoms with Crippen LogP contribution >= 0.6 is 23.2 Å². The first-order valence-corrected chi connectivity index (χ1v) is 11.3. The molecule has 8 heteroatoms. The van der Waals surface area contributed by atoms with Gasteiger partial charge in [0, 0.05) is 42.4 Å². The van der Waals surface area contributed by atoms with Crippen LogP contribution in [-0.2, 0) is 0 Å². The number of pyridine rings is 2. The number of aromatic nitrogens is 4. The van der Waals surface area contributed by atoms with E-state index in [0.717, 1.165) is 21.5 Å². The van der Waals surface area contributed by atoms with Crippen LogP contribution in [0.15, 0.2) is 70.3 Å². The van der Waals surface area contributed by atoms with Gasteiger partial charge in [0.25, 0.3) is 11.1 Å². The Balaban J connectivity index is 1.69. The SMILES string of the molecule is O=c1c2ccc3c(=O)n4c5cc(Cl)ccc5nc4c4ccc(c2c34)c2nc3ccc(Cl)cc3n12. The summed E-state index contributed by atoms with van der Waals surface area (Å²) in [5.41, 5.74) is 3.35. The highest BCUT2D eigenvalue weighted by Gasteiger charge is 2.22. The maximum Gasteiger partial charge on any atom is 0.264 e. The first kappa shape index (κ1) is 18.4. The Bertz CT molecular complexity index is 2140. The lowest BCUT2D eigenvalue weighted by Crippen LogP contribution is -2.16. The number of imidazole rings is 2. The standard InChI is InChI=1S/C26H10Cl2N4O2/c27-11-1-7-17-19(9-11)31-23(29-17)13-3-4-14-22-16(6-5-15(21(13)22)25(31)33)26(34)32-20-10-12(28)2-8-18(20)30-24(14)32/h1-10H. The number of halogens is 2. The Labute approximate surface area is 198 Å². The Morgan fingerprint density at radius 2 is 0.971 bits per heavy atom. The van der Waals surface area contributed by atoms with Gasteiger partial charge in [-0.05, 0) is 60.7 Å². The van der Waals surface area contributed by atoms with Crippen LogP contribution in [0.1, 0.15) is 0 Å². The molecule has 0 saturated heterocycles. The molecule has 0 saturated carbocycles. The predicted octanol–water partition coefficient (Wildman–Crippen LogP) is 5.65. The van der Waals surface area contributed by atoms with Crippen LogP contribution in [0.4, 0.5) is 0 Å². The minimum Gasteiger partial charge on any atom is -0.268 e. The van der Waals surface area contributed by atoms with Gasteiger partial charge in [-0.1, -0.05) is 23.2 Å². The molecule has 4 aromatic carbocycles. The summed E-state index contributed by atoms with van der Waals surface area (Å²) < 4.78 is 3.20. The average Bonchev–Trinajstić information content (AvgIpc) is 3.39. The fraction of sp³-hybridized carbons (Fsp3) is 0. The van der Waals surface area contributed by atoms with Gasteiger partial charge in [0.1, 0.15) is 11.3 Å². The maximum atomic E-state index is 13.7. The Morgan fingerprint density at radius 1 is 0.559 bits per heavy atom. The second-order valence-corrected chi connectivity index (χ2v) is 9.36. The molecule has 0 N–H and O–H groups in total. The lowest BCUT2D eigenvalue weighted by Gasteiger charge is -2.12. The predicted molar refractivity (Wildman–Crippen MR) is 136 cm³/mol. The van der Waals surface area contributed by atoms with Crippen molar-refractivity contribution in [2.24, 2.45) is 0 Å². The minimum atomic E-state index is -0.200. The van der Waals surface area contributed by atoms with Crippen LogP contribution in [0.3, 0.4) is 0 Å². The highest BCUT2D eigenvalue weighted by atomic mass is 35.5. The van der Waals surface area contributed by atoms with E-state index >= 15 is 0 Å². The summed E-state index contributed by atoms with van der Waals surface area (Å²) in [7, 11) is 0. The Hall–Kier alpha value is -4.00. The minimum absolute atomic E-state index is 0.200. The molecule has 0 bridgehead atoms. The molecule has 0 atom stereocenters. The van der Waals surface area contributed by atoms with E-state index in [1.807, 2.05) is 12.1 Å². The third-order valence-electron chi connectivity index (χ3n) is 6.74. The first-order valence-electron chi connectivity index (χ1n) is 10.6. The number of nitrogens with zero attached hydrogens (tertiary/aromatic N) is 4. The van der Waals surface area contributed by atoms with Crippen LogP contribution in [-0.4, -0.2) is 18.8 Å². The highest BCUT2D eigenvalue weighted by molar-refractivity contribution is 6.32. The van der Waals surface area contributed by atoms with E-state index in [2.05, 4.69) is 0 Å². The van der Waals surface area contributed by atoms with Gasteiger partial charge in [0.05, 0.1) is 22.1 Å². The lowest BCUT2D eigenvalue weighted by molar-refractivity contribution is 1.18. The normalized spacial score (nSPS) is 12.6. The number of fused-ring (bicyclic) bond motifs is 8. The summed E-state index contributed by atoms with van der Waals surface area (Å²) in [5.74, 6) is 0. The molecular formula is C26H10Cl2N4O2. The summed E-state index contributed by atoms with van der Waals surface area (Å²) in [6.07, 6.45) is 0. The molecule has 0 fully saturated rings. The van der Waals surface area contributed by atoms with E-state index < -0.39 is 0 Å². The van der Waals surface area contributed by atoms with Gasteiger partial charge in [-0.15, -0.1) is 0 Å². The molecule has 0 aliphatic carbocycles. The van der Waals surface area contributed by atoms with Crippen molar-refractivity contribution in [1.29, 1.82) is 0 Å². The topological polar surface area (TPSA) is 68.7 Å². The van der Waals surface area contributed by atoms with Crippen LogP contribution in [0.2, 0.25) is 10.0 Å². The molecule has 4 heterocycles. The molecule has 0 spiro atoms. The summed E-state index contributed by atoms with van der Waals surface area (Å²) in [5, 5.41) is 5.13. The molecule has 6 nitrogen and oxygen atoms in total. The zero-order valence-electron chi connectivity index (χ0n) is 17.1. The molecule has 0 unspecified atom stereocenters. The monoisotopic (exact) mass is 480 g/mol. The molecule has 0 radical (unpaired) electrons. The summed E-state index contributed by atoms with van der Waals surface area (Å²) in [6.45, 7) is 0. The third-order valence-corrected chi connectivity index (χ3v) is 7.21. The highest BCUT2D eigenvalue weighted by Crippen LogP contribution is 2.37. The summed E-state index contributed by atoms with van der Waals surface area (Å²) in [6, 6.07) is 18.0. The van der Waals surface area contributed by atoms with Crippen molar-refractivity contribution in [2.45, 2.75) is 0 Å². The van der Waals surface area contributed by atoms with E-state index in [9.17, 15) is 9.59 Å². The zero-order chi connectivity index (χ0) is 22.9. The summed E-state index contributed by atoms with van der Waals surface area (Å²) in [4.78, 5) is 36.8. The van der Waals surface area contributed by atoms with Crippen molar-refractivity contribution in [2.75, 3.05) is 0 Å². The fourth-order valence-electron chi connectivity index (χ4n) is 5.33. The van der Waals surface area contributed by atoms with Crippen molar-refractivity contribution < 1.29 is 0 Å². The molecular weight excluding hydrogens is 471 g/mol. The van der Waals surface area contributed by atoms with Crippen LogP contribution < -0.4 is 11.1 Å². The fourth-order valence-corrected chi connectivity index (χ4v) is 5.67. The van der Waals surface area contributed by atoms with E-state index in [1.54, 1.807) is 57.3 Å². The largest absolute Gasteiger partial charge is 0.268 e. The molecule has 0 aliphatic rings. The molecule has 0 amide bonds. The third kappa shape index (κ3) is 2.04. The van der Waals surface area contributed by atoms with Crippen LogP contribution in [0, 0.1) is 0 Å². The second-order valence-electron chi connectivity index (χ2n) is 8.49. The average molecular weight is 481 g/mol. The molecule has 34 heavy (non-hydrogen) atoms. The molecule has 160 valence electrons. The first-order chi connectivity index (χ1) is 16.5. The van der Waals surface area contributed by atoms with Crippen molar-refractivity contribution in [1.82, 2.24) is 18.8 Å². The van der Waals surface area contributed by atoms with Crippen molar-refractivity contribution in [3.8, 4) is 0 Å². The Morgan fingerprint density at radius 3 is 1.41 bits per heavy atom. The van der Waals surface area contributed by atoms with Crippen molar-refractivity contribution in [3.05, 3.63) is 91.4 Å². The molecule has 8 aromatic rings. The molecule has 8 rings (SSSR count). The van der Waals surface area contributed by atoms with E-state index in [4.69, 9.17) is 33.2 Å². The Kier molecular flexibility index (Phi) is 3.21. The van der Waals surface area contributed by atoms with Gasteiger partial charge in [-0.3, -0.25) is 18.4 Å². The quantitative estimate of drug-likeness (QED) is 0.263. The molecule has 0 aliphatic heterocycles. The van der Waals surface area contributed by atoms with Crippen molar-refractivity contribution >= 4 is 88.9 Å². The second kappa shape index (κ2) is 5.91. The number of hydrogen-bond donors (Lipinski definition) is 0. The van der Waals surface area contributed by atoms with Crippen LogP contribution in [0.25, 0.3) is 65.7 Å². The molecule has 4 aromatic heterocycles. The number of hydrogen-bond acceptors (Lipinski definition) is 4. The van der Waals surface area contributed by atoms with Gasteiger partial charge in [-0.25, -0.2) is 9.97 Å². The zero-order valence-corrected chi connectivity index (χ0v) is 18.6. The van der Waals surface area contributed by atoms with E-state index in [-0.39, 0.29) is 11.1 Å². The van der Waals surface area contributed by atoms with Gasteiger partial charge in [0.15, 0.2) is 0 Å². The van der Waals surface area contributed by atoms with Crippen LogP contribution in [0.5, 0.6) is 0 Å².